The molecule has 0 aliphatic carbocycles. The number of hydrogen-bond acceptors (Lipinski definition) is 2. The summed E-state index contributed by atoms with van der Waals surface area (Å²) in [5.74, 6) is -0.212. The maximum Gasteiger partial charge on any atom is 0.314 e. The first kappa shape index (κ1) is 9.57. The second-order valence-electron chi connectivity index (χ2n) is 2.98. The van der Waals surface area contributed by atoms with Crippen LogP contribution in [0.2, 0.25) is 0 Å². The lowest BCUT2D eigenvalue weighted by atomic mass is 10.2. The molecule has 1 aliphatic rings. The third-order valence-corrected chi connectivity index (χ3v) is 2.03. The molecule has 1 unspecified atom stereocenters. The van der Waals surface area contributed by atoms with Gasteiger partial charge < -0.3 is 16.0 Å². The minimum atomic E-state index is -0.435. The predicted octanol–water partition coefficient (Wildman–Crippen LogP) is -0.558. The van der Waals surface area contributed by atoms with Crippen LogP contribution in [-0.4, -0.2) is 36.0 Å². The molecular formula is C8H13N3O2. The summed E-state index contributed by atoms with van der Waals surface area (Å²) < 4.78 is 0. The van der Waals surface area contributed by atoms with Gasteiger partial charge in [-0.3, -0.25) is 4.79 Å². The number of nitrogens with zero attached hydrogens (tertiary/aromatic N) is 1. The molecule has 1 rings (SSSR count). The summed E-state index contributed by atoms with van der Waals surface area (Å²) in [6.45, 7) is 4.44. The van der Waals surface area contributed by atoms with Gasteiger partial charge in [-0.1, -0.05) is 6.58 Å². The Morgan fingerprint density at radius 3 is 2.77 bits per heavy atom. The molecule has 0 saturated carbocycles. The van der Waals surface area contributed by atoms with Crippen molar-refractivity contribution in [3.8, 4) is 0 Å². The number of urea groups is 1. The molecule has 0 radical (unpaired) electrons. The third-order valence-electron chi connectivity index (χ3n) is 2.03. The molecule has 0 bridgehead atoms. The molecule has 13 heavy (non-hydrogen) atoms. The Bertz CT molecular complexity index is 240. The molecule has 1 heterocycles. The smallest absolute Gasteiger partial charge is 0.314 e. The van der Waals surface area contributed by atoms with Crippen LogP contribution in [-0.2, 0) is 4.79 Å². The molecule has 1 aliphatic heterocycles. The van der Waals surface area contributed by atoms with Gasteiger partial charge in [0.25, 0.3) is 0 Å². The Labute approximate surface area is 76.6 Å². The Hall–Kier alpha value is -1.52. The van der Waals surface area contributed by atoms with Crippen LogP contribution in [0.1, 0.15) is 6.42 Å². The molecule has 5 nitrogen and oxygen atoms in total. The van der Waals surface area contributed by atoms with Crippen LogP contribution in [0.5, 0.6) is 0 Å². The van der Waals surface area contributed by atoms with Crippen molar-refractivity contribution in [1.29, 1.82) is 0 Å². The van der Waals surface area contributed by atoms with Crippen molar-refractivity contribution < 1.29 is 9.59 Å². The summed E-state index contributed by atoms with van der Waals surface area (Å²) in [6, 6.07) is -0.423. The number of carbonyl (C=O) groups excluding carboxylic acids is 2. The molecule has 1 fully saturated rings. The van der Waals surface area contributed by atoms with E-state index in [0.717, 1.165) is 6.42 Å². The van der Waals surface area contributed by atoms with Gasteiger partial charge in [-0.05, 0) is 12.5 Å². The van der Waals surface area contributed by atoms with Gasteiger partial charge in [0, 0.05) is 19.1 Å². The normalized spacial score (nSPS) is 21.2. The van der Waals surface area contributed by atoms with Crippen molar-refractivity contribution in [2.24, 2.45) is 5.73 Å². The van der Waals surface area contributed by atoms with Gasteiger partial charge in [0.1, 0.15) is 0 Å². The second kappa shape index (κ2) is 3.93. The highest BCUT2D eigenvalue weighted by atomic mass is 16.2. The fourth-order valence-electron chi connectivity index (χ4n) is 1.34. The topological polar surface area (TPSA) is 75.4 Å². The zero-order chi connectivity index (χ0) is 9.84. The minimum Gasteiger partial charge on any atom is -0.351 e. The van der Waals surface area contributed by atoms with Crippen LogP contribution in [0.25, 0.3) is 0 Å². The zero-order valence-electron chi connectivity index (χ0n) is 7.32. The van der Waals surface area contributed by atoms with Crippen LogP contribution in [0.3, 0.4) is 0 Å². The Morgan fingerprint density at radius 1 is 1.62 bits per heavy atom. The number of rotatable bonds is 2. The van der Waals surface area contributed by atoms with Gasteiger partial charge in [0.2, 0.25) is 5.91 Å². The highest BCUT2D eigenvalue weighted by molar-refractivity contribution is 5.87. The van der Waals surface area contributed by atoms with Crippen LogP contribution in [0, 0.1) is 0 Å². The zero-order valence-corrected chi connectivity index (χ0v) is 7.32. The molecule has 72 valence electrons. The van der Waals surface area contributed by atoms with Crippen LogP contribution >= 0.6 is 0 Å². The van der Waals surface area contributed by atoms with Gasteiger partial charge >= 0.3 is 6.03 Å². The third kappa shape index (κ3) is 2.47. The quantitative estimate of drug-likeness (QED) is 0.563. The lowest BCUT2D eigenvalue weighted by Gasteiger charge is -2.13. The van der Waals surface area contributed by atoms with Crippen LogP contribution in [0.15, 0.2) is 12.7 Å². The SMILES string of the molecule is C=CC(=O)NC1CCN(C(N)=O)C1. The molecule has 0 aromatic heterocycles. The summed E-state index contributed by atoms with van der Waals surface area (Å²) in [5, 5.41) is 2.71. The van der Waals surface area contributed by atoms with E-state index >= 15 is 0 Å². The second-order valence-corrected chi connectivity index (χ2v) is 2.98. The number of amides is 3. The number of carbonyl (C=O) groups is 2. The maximum absolute atomic E-state index is 10.9. The molecule has 5 heteroatoms. The number of nitrogens with one attached hydrogen (secondary N) is 1. The Kier molecular flexibility index (Phi) is 2.89. The lowest BCUT2D eigenvalue weighted by Crippen LogP contribution is -2.39. The van der Waals surface area contributed by atoms with Gasteiger partial charge in [0.15, 0.2) is 0 Å². The summed E-state index contributed by atoms with van der Waals surface area (Å²) in [6.07, 6.45) is 1.97. The van der Waals surface area contributed by atoms with Crippen molar-refractivity contribution in [1.82, 2.24) is 10.2 Å². The number of likely N-dealkylation sites (tertiary alicyclic amines) is 1. The first-order chi connectivity index (χ1) is 6.13. The maximum atomic E-state index is 10.9. The van der Waals surface area contributed by atoms with Crippen LogP contribution in [0.4, 0.5) is 4.79 Å². The number of primary amides is 1. The highest BCUT2D eigenvalue weighted by Gasteiger charge is 2.24. The van der Waals surface area contributed by atoms with Crippen molar-refractivity contribution in [3.05, 3.63) is 12.7 Å². The monoisotopic (exact) mass is 183 g/mol. The van der Waals surface area contributed by atoms with Crippen LogP contribution < -0.4 is 11.1 Å². The summed E-state index contributed by atoms with van der Waals surface area (Å²) in [7, 11) is 0. The average molecular weight is 183 g/mol. The average Bonchev–Trinajstić information content (AvgIpc) is 2.52. The summed E-state index contributed by atoms with van der Waals surface area (Å²) in [5.41, 5.74) is 5.08. The van der Waals surface area contributed by atoms with E-state index in [9.17, 15) is 9.59 Å². The van der Waals surface area contributed by atoms with E-state index in [2.05, 4.69) is 11.9 Å². The molecule has 1 atom stereocenters. The molecule has 1 saturated heterocycles. The lowest BCUT2D eigenvalue weighted by molar-refractivity contribution is -0.117. The van der Waals surface area contributed by atoms with E-state index in [1.807, 2.05) is 0 Å². The first-order valence-corrected chi connectivity index (χ1v) is 4.11. The van der Waals surface area contributed by atoms with E-state index in [-0.39, 0.29) is 11.9 Å². The van der Waals surface area contributed by atoms with Gasteiger partial charge in [0.05, 0.1) is 0 Å². The van der Waals surface area contributed by atoms with E-state index in [0.29, 0.717) is 13.1 Å². The van der Waals surface area contributed by atoms with Gasteiger partial charge in [-0.15, -0.1) is 0 Å². The van der Waals surface area contributed by atoms with E-state index in [1.165, 1.54) is 11.0 Å². The summed E-state index contributed by atoms with van der Waals surface area (Å²) >= 11 is 0. The number of nitrogens with two attached hydrogens (primary N) is 1. The van der Waals surface area contributed by atoms with E-state index < -0.39 is 6.03 Å². The standard InChI is InChI=1S/C8H13N3O2/c1-2-7(12)10-6-3-4-11(5-6)8(9)13/h2,6H,1,3-5H2,(H2,9,13)(H,10,12). The molecule has 0 aromatic carbocycles. The van der Waals surface area contributed by atoms with Crippen molar-refractivity contribution >= 4 is 11.9 Å². The van der Waals surface area contributed by atoms with E-state index in [1.54, 1.807) is 0 Å². The molecule has 0 spiro atoms. The fraction of sp³-hybridized carbons (Fsp3) is 0.500. The van der Waals surface area contributed by atoms with Gasteiger partial charge in [-0.2, -0.15) is 0 Å². The van der Waals surface area contributed by atoms with Crippen molar-refractivity contribution in [2.45, 2.75) is 12.5 Å². The fourth-order valence-corrected chi connectivity index (χ4v) is 1.34. The highest BCUT2D eigenvalue weighted by Crippen LogP contribution is 2.07. The van der Waals surface area contributed by atoms with Crippen molar-refractivity contribution in [2.75, 3.05) is 13.1 Å². The molecule has 3 amide bonds. The van der Waals surface area contributed by atoms with E-state index in [4.69, 9.17) is 5.73 Å². The predicted molar refractivity (Wildman–Crippen MR) is 47.9 cm³/mol. The minimum absolute atomic E-state index is 0.0120. The summed E-state index contributed by atoms with van der Waals surface area (Å²) in [4.78, 5) is 23.1. The van der Waals surface area contributed by atoms with Crippen molar-refractivity contribution in [3.63, 3.8) is 0 Å². The number of hydrogen-bond donors (Lipinski definition) is 2. The molecule has 3 N–H and O–H groups in total. The Balaban J connectivity index is 2.37. The first-order valence-electron chi connectivity index (χ1n) is 4.11. The molecule has 0 aromatic rings. The molecular weight excluding hydrogens is 170 g/mol. The largest absolute Gasteiger partial charge is 0.351 e. The van der Waals surface area contributed by atoms with Gasteiger partial charge in [-0.25, -0.2) is 4.79 Å². The Morgan fingerprint density at radius 2 is 2.31 bits per heavy atom.